The van der Waals surface area contributed by atoms with Crippen molar-refractivity contribution in [1.29, 1.82) is 0 Å². The Morgan fingerprint density at radius 3 is 2.76 bits per heavy atom. The van der Waals surface area contributed by atoms with Crippen molar-refractivity contribution in [3.63, 3.8) is 0 Å². The highest BCUT2D eigenvalue weighted by atomic mass is 16.7. The summed E-state index contributed by atoms with van der Waals surface area (Å²) in [5.74, 6) is 0.834. The standard InChI is InChI=1S/C16H19N3O6/c1-16(2,3)25-14(21)17-19-13(20)8-18(15(19)22)7-10-4-5-11-12(6-10)24-9-23-11/h4-6,8,20H,7,9H2,1-3H3,(H,17,21). The molecule has 25 heavy (non-hydrogen) atoms. The molecule has 2 aromatic rings. The maximum Gasteiger partial charge on any atom is 0.427 e. The maximum atomic E-state index is 12.4. The van der Waals surface area contributed by atoms with E-state index in [1.54, 1.807) is 39.0 Å². The van der Waals surface area contributed by atoms with Gasteiger partial charge < -0.3 is 19.3 Å². The molecule has 1 aliphatic rings. The van der Waals surface area contributed by atoms with Gasteiger partial charge in [0.15, 0.2) is 11.5 Å². The summed E-state index contributed by atoms with van der Waals surface area (Å²) in [6.07, 6.45) is 0.385. The zero-order valence-electron chi connectivity index (χ0n) is 14.1. The van der Waals surface area contributed by atoms with E-state index in [1.807, 2.05) is 0 Å². The van der Waals surface area contributed by atoms with Crippen LogP contribution in [0.1, 0.15) is 26.3 Å². The van der Waals surface area contributed by atoms with Crippen LogP contribution >= 0.6 is 0 Å². The minimum absolute atomic E-state index is 0.162. The van der Waals surface area contributed by atoms with Crippen molar-refractivity contribution in [3.05, 3.63) is 40.4 Å². The molecular weight excluding hydrogens is 330 g/mol. The predicted octanol–water partition coefficient (Wildman–Crippen LogP) is 1.61. The summed E-state index contributed by atoms with van der Waals surface area (Å²) < 4.78 is 17.6. The van der Waals surface area contributed by atoms with E-state index in [2.05, 4.69) is 5.43 Å². The Labute approximate surface area is 143 Å². The summed E-state index contributed by atoms with van der Waals surface area (Å²) in [5, 5.41) is 9.92. The fraction of sp³-hybridized carbons (Fsp3) is 0.375. The van der Waals surface area contributed by atoms with Crippen molar-refractivity contribution >= 4 is 6.09 Å². The van der Waals surface area contributed by atoms with Gasteiger partial charge in [0, 0.05) is 0 Å². The van der Waals surface area contributed by atoms with Crippen molar-refractivity contribution in [2.45, 2.75) is 32.9 Å². The maximum absolute atomic E-state index is 12.4. The Kier molecular flexibility index (Phi) is 4.07. The molecule has 2 N–H and O–H groups in total. The van der Waals surface area contributed by atoms with E-state index < -0.39 is 23.3 Å². The number of carbonyl (C=O) groups excluding carboxylic acids is 1. The smallest absolute Gasteiger partial charge is 0.427 e. The molecule has 134 valence electrons. The topological polar surface area (TPSA) is 104 Å². The van der Waals surface area contributed by atoms with E-state index in [0.717, 1.165) is 10.2 Å². The van der Waals surface area contributed by atoms with Gasteiger partial charge in [0.25, 0.3) is 0 Å². The number of hydrogen-bond acceptors (Lipinski definition) is 6. The van der Waals surface area contributed by atoms with Crippen molar-refractivity contribution in [2.24, 2.45) is 0 Å². The van der Waals surface area contributed by atoms with Crippen LogP contribution in [-0.4, -0.2) is 32.8 Å². The van der Waals surface area contributed by atoms with Gasteiger partial charge in [0.05, 0.1) is 12.7 Å². The van der Waals surface area contributed by atoms with Gasteiger partial charge in [-0.25, -0.2) is 15.0 Å². The molecule has 1 aliphatic heterocycles. The number of imidazole rings is 1. The first-order valence-electron chi connectivity index (χ1n) is 7.62. The van der Waals surface area contributed by atoms with Gasteiger partial charge in [-0.2, -0.15) is 4.68 Å². The van der Waals surface area contributed by atoms with E-state index in [9.17, 15) is 14.7 Å². The number of fused-ring (bicyclic) bond motifs is 1. The van der Waals surface area contributed by atoms with Crippen LogP contribution in [0.4, 0.5) is 4.79 Å². The highest BCUT2D eigenvalue weighted by molar-refractivity contribution is 5.76. The molecule has 2 heterocycles. The van der Waals surface area contributed by atoms with Crippen LogP contribution < -0.4 is 20.6 Å². The molecule has 1 amide bonds. The number of aromatic hydroxyl groups is 1. The second kappa shape index (κ2) is 6.08. The van der Waals surface area contributed by atoms with Gasteiger partial charge in [0.2, 0.25) is 12.7 Å². The van der Waals surface area contributed by atoms with Crippen LogP contribution in [0.3, 0.4) is 0 Å². The van der Waals surface area contributed by atoms with Gasteiger partial charge in [0.1, 0.15) is 5.60 Å². The molecule has 0 atom stereocenters. The fourth-order valence-electron chi connectivity index (χ4n) is 2.33. The SMILES string of the molecule is CC(C)(C)OC(=O)Nn1c(O)cn(Cc2ccc3c(c2)OCO3)c1=O. The van der Waals surface area contributed by atoms with Crippen LogP contribution in [0, 0.1) is 0 Å². The highest BCUT2D eigenvalue weighted by Gasteiger charge is 2.20. The quantitative estimate of drug-likeness (QED) is 0.872. The number of benzene rings is 1. The number of aromatic nitrogens is 2. The molecule has 3 rings (SSSR count). The van der Waals surface area contributed by atoms with Crippen LogP contribution in [-0.2, 0) is 11.3 Å². The summed E-state index contributed by atoms with van der Waals surface area (Å²) in [6.45, 7) is 5.43. The number of carbonyl (C=O) groups is 1. The van der Waals surface area contributed by atoms with Gasteiger partial charge in [-0.1, -0.05) is 6.07 Å². The van der Waals surface area contributed by atoms with E-state index in [1.165, 1.54) is 10.8 Å². The van der Waals surface area contributed by atoms with E-state index in [-0.39, 0.29) is 13.3 Å². The average Bonchev–Trinajstić information content (AvgIpc) is 3.05. The molecule has 0 saturated heterocycles. The van der Waals surface area contributed by atoms with Crippen molar-refractivity contribution < 1.29 is 24.1 Å². The molecule has 9 heteroatoms. The molecule has 0 fully saturated rings. The summed E-state index contributed by atoms with van der Waals surface area (Å²) >= 11 is 0. The number of ether oxygens (including phenoxy) is 3. The number of amides is 1. The lowest BCUT2D eigenvalue weighted by Gasteiger charge is -2.19. The first-order valence-corrected chi connectivity index (χ1v) is 7.62. The molecule has 1 aromatic carbocycles. The third-order valence-electron chi connectivity index (χ3n) is 3.33. The molecular formula is C16H19N3O6. The molecule has 0 unspecified atom stereocenters. The molecule has 0 saturated carbocycles. The largest absolute Gasteiger partial charge is 0.492 e. The Bertz CT molecular complexity index is 862. The van der Waals surface area contributed by atoms with Crippen LogP contribution in [0.15, 0.2) is 29.2 Å². The lowest BCUT2D eigenvalue weighted by Crippen LogP contribution is -2.37. The normalized spacial score (nSPS) is 12.9. The zero-order valence-corrected chi connectivity index (χ0v) is 14.1. The first-order chi connectivity index (χ1) is 11.7. The summed E-state index contributed by atoms with van der Waals surface area (Å²) in [4.78, 5) is 24.2. The van der Waals surface area contributed by atoms with Crippen LogP contribution in [0.2, 0.25) is 0 Å². The van der Waals surface area contributed by atoms with Gasteiger partial charge in [-0.05, 0) is 38.5 Å². The fourth-order valence-corrected chi connectivity index (χ4v) is 2.33. The second-order valence-electron chi connectivity index (χ2n) is 6.53. The van der Waals surface area contributed by atoms with E-state index in [4.69, 9.17) is 14.2 Å². The Morgan fingerprint density at radius 2 is 2.04 bits per heavy atom. The van der Waals surface area contributed by atoms with Crippen molar-refractivity contribution in [2.75, 3.05) is 12.2 Å². The number of rotatable bonds is 3. The number of hydrogen-bond donors (Lipinski definition) is 2. The van der Waals surface area contributed by atoms with Gasteiger partial charge in [-0.3, -0.25) is 4.57 Å². The number of nitrogens with zero attached hydrogens (tertiary/aromatic N) is 2. The lowest BCUT2D eigenvalue weighted by molar-refractivity contribution is 0.0609. The third kappa shape index (κ3) is 3.70. The first kappa shape index (κ1) is 16.7. The van der Waals surface area contributed by atoms with E-state index in [0.29, 0.717) is 11.5 Å². The molecule has 0 bridgehead atoms. The zero-order chi connectivity index (χ0) is 18.2. The third-order valence-corrected chi connectivity index (χ3v) is 3.33. The predicted molar refractivity (Wildman–Crippen MR) is 87.6 cm³/mol. The molecule has 1 aromatic heterocycles. The van der Waals surface area contributed by atoms with Crippen molar-refractivity contribution in [1.82, 2.24) is 9.24 Å². The Hall–Kier alpha value is -3.10. The Balaban J connectivity index is 1.78. The summed E-state index contributed by atoms with van der Waals surface area (Å²) in [6, 6.07) is 5.29. The summed E-state index contributed by atoms with van der Waals surface area (Å²) in [7, 11) is 0. The minimum atomic E-state index is -0.842. The van der Waals surface area contributed by atoms with Crippen LogP contribution in [0.5, 0.6) is 17.4 Å². The molecule has 9 nitrogen and oxygen atoms in total. The molecule has 0 radical (unpaired) electrons. The molecule has 0 spiro atoms. The highest BCUT2D eigenvalue weighted by Crippen LogP contribution is 2.32. The minimum Gasteiger partial charge on any atom is -0.492 e. The average molecular weight is 349 g/mol. The number of nitrogens with one attached hydrogen (secondary N) is 1. The second-order valence-corrected chi connectivity index (χ2v) is 6.53. The molecule has 0 aliphatic carbocycles. The van der Waals surface area contributed by atoms with Crippen LogP contribution in [0.25, 0.3) is 0 Å². The monoisotopic (exact) mass is 349 g/mol. The summed E-state index contributed by atoms with van der Waals surface area (Å²) in [5.41, 5.74) is 1.65. The van der Waals surface area contributed by atoms with Gasteiger partial charge >= 0.3 is 11.8 Å². The Morgan fingerprint density at radius 1 is 1.32 bits per heavy atom. The van der Waals surface area contributed by atoms with E-state index >= 15 is 0 Å². The van der Waals surface area contributed by atoms with Crippen molar-refractivity contribution in [3.8, 4) is 17.4 Å². The van der Waals surface area contributed by atoms with Gasteiger partial charge in [-0.15, -0.1) is 0 Å². The lowest BCUT2D eigenvalue weighted by atomic mass is 10.2.